The SMILES string of the molecule is CCC(=O)SCCC(F)(F)C(F)(F)C(F)C(C)F. The summed E-state index contributed by atoms with van der Waals surface area (Å²) in [5.74, 6) is -10.3. The van der Waals surface area contributed by atoms with Crippen LogP contribution in [0.25, 0.3) is 0 Å². The lowest BCUT2D eigenvalue weighted by atomic mass is 10.0. The highest BCUT2D eigenvalue weighted by Gasteiger charge is 2.62. The third kappa shape index (κ3) is 4.37. The van der Waals surface area contributed by atoms with E-state index in [0.29, 0.717) is 18.7 Å². The molecule has 18 heavy (non-hydrogen) atoms. The molecule has 2 atom stereocenters. The van der Waals surface area contributed by atoms with Crippen molar-refractivity contribution in [3.63, 3.8) is 0 Å². The van der Waals surface area contributed by atoms with Gasteiger partial charge in [0.15, 0.2) is 5.12 Å². The van der Waals surface area contributed by atoms with E-state index in [2.05, 4.69) is 0 Å². The Labute approximate surface area is 105 Å². The molecule has 0 aliphatic heterocycles. The average molecular weight is 296 g/mol. The van der Waals surface area contributed by atoms with Crippen molar-refractivity contribution >= 4 is 16.9 Å². The molecule has 0 N–H and O–H groups in total. The quantitative estimate of drug-likeness (QED) is 0.660. The van der Waals surface area contributed by atoms with E-state index in [9.17, 15) is 31.1 Å². The summed E-state index contributed by atoms with van der Waals surface area (Å²) in [6, 6.07) is 0. The molecule has 0 aromatic heterocycles. The second kappa shape index (κ2) is 6.68. The van der Waals surface area contributed by atoms with Gasteiger partial charge in [-0.2, -0.15) is 17.6 Å². The Morgan fingerprint density at radius 1 is 1.22 bits per heavy atom. The van der Waals surface area contributed by atoms with Crippen LogP contribution in [0.5, 0.6) is 0 Å². The molecule has 0 rings (SSSR count). The van der Waals surface area contributed by atoms with E-state index < -0.39 is 41.5 Å². The zero-order valence-corrected chi connectivity index (χ0v) is 10.7. The molecule has 0 aliphatic rings. The molecular weight excluding hydrogens is 282 g/mol. The van der Waals surface area contributed by atoms with Gasteiger partial charge in [0.05, 0.1) is 0 Å². The molecule has 8 heteroatoms. The van der Waals surface area contributed by atoms with E-state index in [1.54, 1.807) is 0 Å². The fourth-order valence-electron chi connectivity index (χ4n) is 1.05. The van der Waals surface area contributed by atoms with Crippen LogP contribution in [0.4, 0.5) is 26.3 Å². The fourth-order valence-corrected chi connectivity index (χ4v) is 1.84. The highest BCUT2D eigenvalue weighted by Crippen LogP contribution is 2.42. The van der Waals surface area contributed by atoms with Crippen molar-refractivity contribution in [1.82, 2.24) is 0 Å². The van der Waals surface area contributed by atoms with Crippen LogP contribution in [0.3, 0.4) is 0 Å². The number of rotatable bonds is 7. The van der Waals surface area contributed by atoms with Crippen molar-refractivity contribution in [2.24, 2.45) is 0 Å². The molecule has 0 heterocycles. The Balaban J connectivity index is 4.55. The topological polar surface area (TPSA) is 17.1 Å². The van der Waals surface area contributed by atoms with Gasteiger partial charge in [0.25, 0.3) is 0 Å². The minimum absolute atomic E-state index is 0.0832. The molecule has 0 saturated carbocycles. The molecule has 0 aromatic rings. The van der Waals surface area contributed by atoms with Gasteiger partial charge in [-0.15, -0.1) is 0 Å². The predicted octanol–water partition coefficient (Wildman–Crippen LogP) is 4.01. The second-order valence-corrected chi connectivity index (χ2v) is 4.88. The zero-order chi connectivity index (χ0) is 14.6. The maximum absolute atomic E-state index is 13.1. The molecule has 0 spiro atoms. The molecule has 0 radical (unpaired) electrons. The van der Waals surface area contributed by atoms with Crippen LogP contribution >= 0.6 is 11.8 Å². The molecule has 0 saturated heterocycles. The lowest BCUT2D eigenvalue weighted by molar-refractivity contribution is -0.247. The Bertz CT molecular complexity index is 282. The van der Waals surface area contributed by atoms with Gasteiger partial charge in [0.1, 0.15) is 6.17 Å². The summed E-state index contributed by atoms with van der Waals surface area (Å²) in [4.78, 5) is 10.8. The Kier molecular flexibility index (Phi) is 6.53. The smallest absolute Gasteiger partial charge is 0.287 e. The highest BCUT2D eigenvalue weighted by molar-refractivity contribution is 8.13. The minimum atomic E-state index is -5.09. The molecular formula is C10H14F6OS. The summed E-state index contributed by atoms with van der Waals surface area (Å²) < 4.78 is 77.3. The van der Waals surface area contributed by atoms with E-state index in [4.69, 9.17) is 0 Å². The van der Waals surface area contributed by atoms with Crippen LogP contribution in [0.15, 0.2) is 0 Å². The number of hydrogen-bond acceptors (Lipinski definition) is 2. The van der Waals surface area contributed by atoms with Gasteiger partial charge in [-0.25, -0.2) is 8.78 Å². The highest BCUT2D eigenvalue weighted by atomic mass is 32.2. The molecule has 0 aromatic carbocycles. The Morgan fingerprint density at radius 3 is 2.11 bits per heavy atom. The number of halogens is 6. The van der Waals surface area contributed by atoms with Crippen molar-refractivity contribution in [2.45, 2.75) is 50.9 Å². The van der Waals surface area contributed by atoms with Crippen molar-refractivity contribution < 1.29 is 31.1 Å². The first-order valence-corrected chi connectivity index (χ1v) is 6.24. The monoisotopic (exact) mass is 296 g/mol. The lowest BCUT2D eigenvalue weighted by Gasteiger charge is -2.29. The summed E-state index contributed by atoms with van der Waals surface area (Å²) in [5.41, 5.74) is 0. The molecule has 2 unspecified atom stereocenters. The molecule has 1 nitrogen and oxygen atoms in total. The van der Waals surface area contributed by atoms with Gasteiger partial charge in [0.2, 0.25) is 6.17 Å². The number of alkyl halides is 6. The Hall–Kier alpha value is -0.400. The van der Waals surface area contributed by atoms with Gasteiger partial charge in [-0.05, 0) is 6.92 Å². The second-order valence-electron chi connectivity index (χ2n) is 3.73. The van der Waals surface area contributed by atoms with Gasteiger partial charge in [-0.1, -0.05) is 18.7 Å². The lowest BCUT2D eigenvalue weighted by Crippen LogP contribution is -2.51. The van der Waals surface area contributed by atoms with E-state index in [-0.39, 0.29) is 6.42 Å². The molecule has 108 valence electrons. The van der Waals surface area contributed by atoms with Crippen LogP contribution < -0.4 is 0 Å². The van der Waals surface area contributed by atoms with Gasteiger partial charge in [0, 0.05) is 18.6 Å². The number of carbonyl (C=O) groups is 1. The van der Waals surface area contributed by atoms with E-state index in [0.717, 1.165) is 0 Å². The van der Waals surface area contributed by atoms with Crippen molar-refractivity contribution in [2.75, 3.05) is 5.75 Å². The summed E-state index contributed by atoms with van der Waals surface area (Å²) in [6.45, 7) is 1.94. The third-order valence-electron chi connectivity index (χ3n) is 2.21. The van der Waals surface area contributed by atoms with Crippen LogP contribution in [-0.4, -0.2) is 35.1 Å². The van der Waals surface area contributed by atoms with Crippen LogP contribution in [0, 0.1) is 0 Å². The van der Waals surface area contributed by atoms with Crippen LogP contribution in [-0.2, 0) is 4.79 Å². The first kappa shape index (κ1) is 17.6. The first-order valence-electron chi connectivity index (χ1n) is 5.25. The standard InChI is InChI=1S/C10H14F6OS/c1-3-7(17)18-5-4-9(13,14)10(15,16)8(12)6(2)11/h6,8H,3-5H2,1-2H3. The largest absolute Gasteiger partial charge is 0.343 e. The number of hydrogen-bond donors (Lipinski definition) is 0. The number of thioether (sulfide) groups is 1. The van der Waals surface area contributed by atoms with Crippen LogP contribution in [0.1, 0.15) is 26.7 Å². The molecule has 0 amide bonds. The fraction of sp³-hybridized carbons (Fsp3) is 0.900. The minimum Gasteiger partial charge on any atom is -0.287 e. The van der Waals surface area contributed by atoms with Crippen molar-refractivity contribution in [3.05, 3.63) is 0 Å². The summed E-state index contributed by atoms with van der Waals surface area (Å²) in [7, 11) is 0. The summed E-state index contributed by atoms with van der Waals surface area (Å²) in [5, 5.41) is -0.426. The normalized spacial score (nSPS) is 16.4. The number of carbonyl (C=O) groups excluding carboxylic acids is 1. The average Bonchev–Trinajstić information content (AvgIpc) is 2.26. The van der Waals surface area contributed by atoms with E-state index in [1.807, 2.05) is 0 Å². The molecule has 0 aliphatic carbocycles. The predicted molar refractivity (Wildman–Crippen MR) is 57.7 cm³/mol. The summed E-state index contributed by atoms with van der Waals surface area (Å²) >= 11 is 0.471. The van der Waals surface area contributed by atoms with Crippen molar-refractivity contribution in [1.29, 1.82) is 0 Å². The van der Waals surface area contributed by atoms with Gasteiger partial charge < -0.3 is 0 Å². The van der Waals surface area contributed by atoms with Crippen LogP contribution in [0.2, 0.25) is 0 Å². The van der Waals surface area contributed by atoms with E-state index in [1.165, 1.54) is 6.92 Å². The third-order valence-corrected chi connectivity index (χ3v) is 3.22. The van der Waals surface area contributed by atoms with Gasteiger partial charge in [-0.3, -0.25) is 4.79 Å². The maximum Gasteiger partial charge on any atom is 0.343 e. The van der Waals surface area contributed by atoms with Gasteiger partial charge >= 0.3 is 11.8 Å². The molecule has 0 fully saturated rings. The first-order chi connectivity index (χ1) is 8.06. The van der Waals surface area contributed by atoms with Crippen molar-refractivity contribution in [3.8, 4) is 0 Å². The summed E-state index contributed by atoms with van der Waals surface area (Å²) in [6.07, 6.45) is -7.57. The Morgan fingerprint density at radius 2 is 1.72 bits per heavy atom. The van der Waals surface area contributed by atoms with E-state index >= 15 is 0 Å². The molecule has 0 bridgehead atoms. The maximum atomic E-state index is 13.1. The zero-order valence-electron chi connectivity index (χ0n) is 9.86.